The van der Waals surface area contributed by atoms with E-state index in [9.17, 15) is 9.90 Å². The van der Waals surface area contributed by atoms with Crippen molar-refractivity contribution in [2.45, 2.75) is 33.6 Å². The Hall–Kier alpha value is -1.39. The van der Waals surface area contributed by atoms with Crippen molar-refractivity contribution in [2.75, 3.05) is 13.2 Å². The maximum Gasteiger partial charge on any atom is 0.261 e. The molecule has 0 aliphatic heterocycles. The van der Waals surface area contributed by atoms with Gasteiger partial charge in [-0.2, -0.15) is 0 Å². The van der Waals surface area contributed by atoms with Crippen LogP contribution in [-0.2, 0) is 0 Å². The molecule has 0 unspecified atom stereocenters. The molecule has 2 aromatic rings. The smallest absolute Gasteiger partial charge is 0.261 e. The highest BCUT2D eigenvalue weighted by atomic mass is 32.1. The summed E-state index contributed by atoms with van der Waals surface area (Å²) in [6, 6.07) is 8.10. The zero-order valence-corrected chi connectivity index (χ0v) is 13.7. The van der Waals surface area contributed by atoms with Crippen LogP contribution in [0.4, 0.5) is 0 Å². The predicted octanol–water partition coefficient (Wildman–Crippen LogP) is 3.74. The Kier molecular flexibility index (Phi) is 5.01. The minimum Gasteiger partial charge on any atom is -0.396 e. The van der Waals surface area contributed by atoms with E-state index in [4.69, 9.17) is 0 Å². The Morgan fingerprint density at radius 1 is 1.33 bits per heavy atom. The third kappa shape index (κ3) is 3.83. The molecule has 114 valence electrons. The monoisotopic (exact) mass is 305 g/mol. The van der Waals surface area contributed by atoms with Crippen molar-refractivity contribution in [3.05, 3.63) is 34.7 Å². The Labute approximate surface area is 130 Å². The maximum absolute atomic E-state index is 12.3. The summed E-state index contributed by atoms with van der Waals surface area (Å²) in [5.74, 6) is 0.00973. The van der Waals surface area contributed by atoms with Gasteiger partial charge in [-0.25, -0.2) is 0 Å². The number of nitrogens with one attached hydrogen (secondary N) is 1. The molecule has 0 saturated carbocycles. The lowest BCUT2D eigenvalue weighted by Gasteiger charge is -2.21. The van der Waals surface area contributed by atoms with Gasteiger partial charge in [0.15, 0.2) is 0 Å². The van der Waals surface area contributed by atoms with Crippen LogP contribution in [0.3, 0.4) is 0 Å². The number of aliphatic hydroxyl groups excluding tert-OH is 1. The molecule has 0 aliphatic rings. The fourth-order valence-electron chi connectivity index (χ4n) is 2.32. The quantitative estimate of drug-likeness (QED) is 0.799. The highest BCUT2D eigenvalue weighted by molar-refractivity contribution is 7.21. The van der Waals surface area contributed by atoms with Crippen molar-refractivity contribution >= 4 is 27.3 Å². The molecule has 1 heterocycles. The first-order valence-electron chi connectivity index (χ1n) is 7.32. The molecule has 1 aromatic carbocycles. The number of amides is 1. The van der Waals surface area contributed by atoms with E-state index in [1.54, 1.807) is 11.3 Å². The molecule has 2 rings (SSSR count). The van der Waals surface area contributed by atoms with E-state index in [0.717, 1.165) is 33.4 Å². The number of carbonyl (C=O) groups is 1. The molecule has 0 bridgehead atoms. The Morgan fingerprint density at radius 2 is 2.05 bits per heavy atom. The average molecular weight is 305 g/mol. The first-order chi connectivity index (χ1) is 9.94. The van der Waals surface area contributed by atoms with E-state index in [1.165, 1.54) is 0 Å². The second-order valence-corrected chi connectivity index (χ2v) is 7.29. The number of hydrogen-bond donors (Lipinski definition) is 2. The van der Waals surface area contributed by atoms with Crippen LogP contribution in [0.5, 0.6) is 0 Å². The molecule has 1 aromatic heterocycles. The van der Waals surface area contributed by atoms with E-state index in [2.05, 4.69) is 11.4 Å². The number of aliphatic hydroxyl groups is 1. The lowest BCUT2D eigenvalue weighted by atomic mass is 9.89. The van der Waals surface area contributed by atoms with Gasteiger partial charge in [0, 0.05) is 17.9 Å². The van der Waals surface area contributed by atoms with Crippen LogP contribution in [0.1, 0.15) is 41.9 Å². The lowest BCUT2D eigenvalue weighted by Crippen LogP contribution is -2.26. The van der Waals surface area contributed by atoms with Crippen molar-refractivity contribution in [3.8, 4) is 0 Å². The number of thiophene rings is 1. The molecule has 0 spiro atoms. The van der Waals surface area contributed by atoms with Gasteiger partial charge in [0.2, 0.25) is 0 Å². The standard InChI is InChI=1S/C17H23NO2S/c1-12-13-7-4-5-8-14(13)21-15(12)16(20)18-10-6-9-17(2,3)11-19/h4-5,7-8,19H,6,9-11H2,1-3H3,(H,18,20). The molecule has 0 fully saturated rings. The van der Waals surface area contributed by atoms with E-state index < -0.39 is 0 Å². The number of benzene rings is 1. The Bertz CT molecular complexity index is 631. The van der Waals surface area contributed by atoms with Gasteiger partial charge in [-0.05, 0) is 42.2 Å². The van der Waals surface area contributed by atoms with Crippen LogP contribution in [0.25, 0.3) is 10.1 Å². The molecule has 2 N–H and O–H groups in total. The molecule has 0 aliphatic carbocycles. The highest BCUT2D eigenvalue weighted by Gasteiger charge is 2.17. The molecular formula is C17H23NO2S. The van der Waals surface area contributed by atoms with Crippen molar-refractivity contribution in [3.63, 3.8) is 0 Å². The zero-order valence-electron chi connectivity index (χ0n) is 12.9. The number of aryl methyl sites for hydroxylation is 1. The topological polar surface area (TPSA) is 49.3 Å². The molecular weight excluding hydrogens is 282 g/mol. The van der Waals surface area contributed by atoms with E-state index in [-0.39, 0.29) is 17.9 Å². The third-order valence-corrected chi connectivity index (χ3v) is 5.07. The predicted molar refractivity (Wildman–Crippen MR) is 89.0 cm³/mol. The van der Waals surface area contributed by atoms with Crippen LogP contribution in [0.15, 0.2) is 24.3 Å². The molecule has 0 radical (unpaired) electrons. The minimum absolute atomic E-state index is 0.00973. The van der Waals surface area contributed by atoms with Crippen LogP contribution >= 0.6 is 11.3 Å². The molecule has 4 heteroatoms. The fourth-order valence-corrected chi connectivity index (χ4v) is 3.44. The van der Waals surface area contributed by atoms with Gasteiger partial charge in [-0.15, -0.1) is 11.3 Å². The zero-order chi connectivity index (χ0) is 15.5. The van der Waals surface area contributed by atoms with Crippen LogP contribution in [-0.4, -0.2) is 24.2 Å². The van der Waals surface area contributed by atoms with Crippen molar-refractivity contribution in [1.82, 2.24) is 5.32 Å². The molecule has 21 heavy (non-hydrogen) atoms. The maximum atomic E-state index is 12.3. The largest absolute Gasteiger partial charge is 0.396 e. The van der Waals surface area contributed by atoms with Crippen LogP contribution in [0.2, 0.25) is 0 Å². The summed E-state index contributed by atoms with van der Waals surface area (Å²) in [5, 5.41) is 13.4. The second-order valence-electron chi connectivity index (χ2n) is 6.23. The van der Waals surface area contributed by atoms with Gasteiger partial charge in [0.1, 0.15) is 0 Å². The van der Waals surface area contributed by atoms with Crippen LogP contribution < -0.4 is 5.32 Å². The normalized spacial score (nSPS) is 11.8. The third-order valence-electron chi connectivity index (χ3n) is 3.79. The highest BCUT2D eigenvalue weighted by Crippen LogP contribution is 2.30. The minimum atomic E-state index is -0.0712. The van der Waals surface area contributed by atoms with E-state index in [0.29, 0.717) is 6.54 Å². The van der Waals surface area contributed by atoms with Gasteiger partial charge in [0.05, 0.1) is 4.88 Å². The summed E-state index contributed by atoms with van der Waals surface area (Å²) >= 11 is 1.55. The second kappa shape index (κ2) is 6.58. The van der Waals surface area contributed by atoms with Crippen molar-refractivity contribution < 1.29 is 9.90 Å². The van der Waals surface area contributed by atoms with Gasteiger partial charge < -0.3 is 10.4 Å². The summed E-state index contributed by atoms with van der Waals surface area (Å²) in [7, 11) is 0. The number of hydrogen-bond acceptors (Lipinski definition) is 3. The van der Waals surface area contributed by atoms with Gasteiger partial charge in [0.25, 0.3) is 5.91 Å². The first kappa shape index (κ1) is 16.0. The summed E-state index contributed by atoms with van der Waals surface area (Å²) in [6.45, 7) is 6.89. The van der Waals surface area contributed by atoms with Gasteiger partial charge in [-0.3, -0.25) is 4.79 Å². The molecule has 1 amide bonds. The first-order valence-corrected chi connectivity index (χ1v) is 8.13. The van der Waals surface area contributed by atoms with Gasteiger partial charge >= 0.3 is 0 Å². The summed E-state index contributed by atoms with van der Waals surface area (Å²) < 4.78 is 1.15. The van der Waals surface area contributed by atoms with Crippen molar-refractivity contribution in [2.24, 2.45) is 5.41 Å². The van der Waals surface area contributed by atoms with Crippen LogP contribution in [0, 0.1) is 12.3 Å². The summed E-state index contributed by atoms with van der Waals surface area (Å²) in [5.41, 5.74) is 0.988. The van der Waals surface area contributed by atoms with Crippen molar-refractivity contribution in [1.29, 1.82) is 0 Å². The Morgan fingerprint density at radius 3 is 2.71 bits per heavy atom. The number of fused-ring (bicyclic) bond motifs is 1. The Balaban J connectivity index is 1.95. The average Bonchev–Trinajstić information content (AvgIpc) is 2.81. The van der Waals surface area contributed by atoms with E-state index >= 15 is 0 Å². The number of rotatable bonds is 6. The summed E-state index contributed by atoms with van der Waals surface area (Å²) in [6.07, 6.45) is 1.78. The molecule has 0 saturated heterocycles. The lowest BCUT2D eigenvalue weighted by molar-refractivity contribution is 0.0952. The molecule has 0 atom stereocenters. The fraction of sp³-hybridized carbons (Fsp3) is 0.471. The summed E-state index contributed by atoms with van der Waals surface area (Å²) in [4.78, 5) is 13.1. The number of carbonyl (C=O) groups excluding carboxylic acids is 1. The van der Waals surface area contributed by atoms with Gasteiger partial charge in [-0.1, -0.05) is 32.0 Å². The molecule has 3 nitrogen and oxygen atoms in total. The SMILES string of the molecule is Cc1c(C(=O)NCCCC(C)(C)CO)sc2ccccc12. The van der Waals surface area contributed by atoms with E-state index in [1.807, 2.05) is 39.0 Å².